The van der Waals surface area contributed by atoms with E-state index in [1.54, 1.807) is 18.2 Å². The quantitative estimate of drug-likeness (QED) is 0.549. The molecule has 2 aromatic rings. The molecule has 2 rings (SSSR count). The number of benzene rings is 2. The number of hydrogen-bond acceptors (Lipinski definition) is 2. The molecule has 5 heteroatoms. The second-order valence-electron chi connectivity index (χ2n) is 7.16. The van der Waals surface area contributed by atoms with E-state index in [0.29, 0.717) is 28.8 Å². The van der Waals surface area contributed by atoms with Gasteiger partial charge in [-0.1, -0.05) is 55.2 Å². The number of carbonyl (C=O) groups is 1. The number of carbonyl (C=O) groups excluding carboxylic acids is 1. The normalized spacial score (nSPS) is 11.3. The van der Waals surface area contributed by atoms with Crippen LogP contribution in [0.5, 0.6) is 5.75 Å². The first-order chi connectivity index (χ1) is 12.2. The Balaban J connectivity index is 1.88. The maximum Gasteiger partial charge on any atom is 0.230 e. The van der Waals surface area contributed by atoms with Gasteiger partial charge in [-0.2, -0.15) is 0 Å². The lowest BCUT2D eigenvalue weighted by atomic mass is 9.87. The molecule has 0 unspecified atom stereocenters. The smallest absolute Gasteiger partial charge is 0.230 e. The molecule has 0 heterocycles. The van der Waals surface area contributed by atoms with Gasteiger partial charge in [0, 0.05) is 5.41 Å². The molecule has 1 amide bonds. The van der Waals surface area contributed by atoms with E-state index in [1.165, 1.54) is 5.56 Å². The fourth-order valence-corrected chi connectivity index (χ4v) is 2.91. The Bertz CT molecular complexity index is 788. The van der Waals surface area contributed by atoms with E-state index in [-0.39, 0.29) is 5.91 Å². The van der Waals surface area contributed by atoms with Crippen LogP contribution in [0, 0.1) is 19.3 Å². The van der Waals surface area contributed by atoms with Crippen molar-refractivity contribution in [1.82, 2.24) is 0 Å². The minimum Gasteiger partial charge on any atom is -0.493 e. The lowest BCUT2D eigenvalue weighted by Crippen LogP contribution is -2.31. The van der Waals surface area contributed by atoms with E-state index in [2.05, 4.69) is 17.4 Å². The minimum absolute atomic E-state index is 0.0894. The summed E-state index contributed by atoms with van der Waals surface area (Å²) >= 11 is 12.1. The average molecular weight is 394 g/mol. The lowest BCUT2D eigenvalue weighted by Gasteiger charge is -2.24. The van der Waals surface area contributed by atoms with Gasteiger partial charge in [-0.3, -0.25) is 4.79 Å². The van der Waals surface area contributed by atoms with Crippen LogP contribution in [0.15, 0.2) is 36.4 Å². The van der Waals surface area contributed by atoms with Crippen molar-refractivity contribution in [3.05, 3.63) is 57.6 Å². The number of amides is 1. The second kappa shape index (κ2) is 8.79. The Morgan fingerprint density at radius 2 is 1.88 bits per heavy atom. The van der Waals surface area contributed by atoms with E-state index in [1.807, 2.05) is 33.8 Å². The zero-order chi connectivity index (χ0) is 19.3. The zero-order valence-corrected chi connectivity index (χ0v) is 17.2. The first-order valence-corrected chi connectivity index (χ1v) is 9.42. The van der Waals surface area contributed by atoms with Crippen LogP contribution in [0.25, 0.3) is 0 Å². The van der Waals surface area contributed by atoms with Gasteiger partial charge in [0.15, 0.2) is 0 Å². The molecule has 3 nitrogen and oxygen atoms in total. The molecule has 0 spiro atoms. The van der Waals surface area contributed by atoms with Gasteiger partial charge in [-0.25, -0.2) is 0 Å². The molecule has 2 aromatic carbocycles. The maximum atomic E-state index is 12.6. The van der Waals surface area contributed by atoms with Crippen LogP contribution >= 0.6 is 23.2 Å². The largest absolute Gasteiger partial charge is 0.493 e. The molecule has 0 aliphatic rings. The Morgan fingerprint density at radius 3 is 2.62 bits per heavy atom. The van der Waals surface area contributed by atoms with E-state index in [0.717, 1.165) is 17.7 Å². The van der Waals surface area contributed by atoms with Crippen LogP contribution < -0.4 is 10.1 Å². The number of rotatable bonds is 7. The Labute approximate surface area is 165 Å². The molecule has 26 heavy (non-hydrogen) atoms. The second-order valence-corrected chi connectivity index (χ2v) is 7.95. The van der Waals surface area contributed by atoms with Crippen molar-refractivity contribution in [2.45, 2.75) is 40.5 Å². The van der Waals surface area contributed by atoms with Crippen molar-refractivity contribution in [1.29, 1.82) is 0 Å². The van der Waals surface area contributed by atoms with Crippen molar-refractivity contribution in [3.8, 4) is 5.75 Å². The third-order valence-electron chi connectivity index (χ3n) is 4.36. The van der Waals surface area contributed by atoms with E-state index >= 15 is 0 Å². The molecule has 0 bridgehead atoms. The number of hydrogen-bond donors (Lipinski definition) is 1. The molecule has 0 aliphatic carbocycles. The molecule has 140 valence electrons. The summed E-state index contributed by atoms with van der Waals surface area (Å²) in [4.78, 5) is 12.6. The minimum atomic E-state index is -0.545. The van der Waals surface area contributed by atoms with Crippen LogP contribution in [0.1, 0.15) is 37.8 Å². The van der Waals surface area contributed by atoms with Gasteiger partial charge in [0.2, 0.25) is 5.91 Å². The summed E-state index contributed by atoms with van der Waals surface area (Å²) in [6.45, 7) is 8.47. The molecule has 0 saturated carbocycles. The fraction of sp³-hybridized carbons (Fsp3) is 0.381. The summed E-state index contributed by atoms with van der Waals surface area (Å²) in [5, 5.41) is 3.65. The first-order valence-electron chi connectivity index (χ1n) is 8.66. The molecule has 0 radical (unpaired) electrons. The van der Waals surface area contributed by atoms with Crippen LogP contribution in [0.4, 0.5) is 5.69 Å². The zero-order valence-electron chi connectivity index (χ0n) is 15.7. The number of anilines is 1. The highest BCUT2D eigenvalue weighted by Gasteiger charge is 2.27. The molecular formula is C21H25Cl2NO2. The van der Waals surface area contributed by atoms with Gasteiger partial charge in [0.1, 0.15) is 5.75 Å². The third-order valence-corrected chi connectivity index (χ3v) is 5.18. The van der Waals surface area contributed by atoms with Crippen molar-refractivity contribution in [3.63, 3.8) is 0 Å². The van der Waals surface area contributed by atoms with Crippen LogP contribution in [-0.2, 0) is 4.79 Å². The highest BCUT2D eigenvalue weighted by Crippen LogP contribution is 2.32. The van der Waals surface area contributed by atoms with Crippen molar-refractivity contribution >= 4 is 34.8 Å². The standard InChI is InChI=1S/C21H25Cl2NO2/c1-14-9-10-15(2)18(13-14)26-12-6-11-21(3,4)20(25)24-17-8-5-7-16(22)19(17)23/h5,7-10,13H,6,11-12H2,1-4H3,(H,24,25). The summed E-state index contributed by atoms with van der Waals surface area (Å²) in [5.74, 6) is 0.811. The van der Waals surface area contributed by atoms with Crippen molar-refractivity contribution in [2.75, 3.05) is 11.9 Å². The fourth-order valence-electron chi connectivity index (χ4n) is 2.56. The molecule has 0 fully saturated rings. The van der Waals surface area contributed by atoms with Crippen molar-refractivity contribution in [2.24, 2.45) is 5.41 Å². The number of nitrogens with one attached hydrogen (secondary N) is 1. The molecule has 1 N–H and O–H groups in total. The summed E-state index contributed by atoms with van der Waals surface area (Å²) in [6.07, 6.45) is 1.47. The Kier molecular flexibility index (Phi) is 6.96. The van der Waals surface area contributed by atoms with Crippen LogP contribution in [-0.4, -0.2) is 12.5 Å². The summed E-state index contributed by atoms with van der Waals surface area (Å²) in [5.41, 5.74) is 2.27. The van der Waals surface area contributed by atoms with Gasteiger partial charge in [0.25, 0.3) is 0 Å². The average Bonchev–Trinajstić information content (AvgIpc) is 2.58. The van der Waals surface area contributed by atoms with E-state index < -0.39 is 5.41 Å². The third kappa shape index (κ3) is 5.39. The van der Waals surface area contributed by atoms with E-state index in [9.17, 15) is 4.79 Å². The highest BCUT2D eigenvalue weighted by atomic mass is 35.5. The SMILES string of the molecule is Cc1ccc(C)c(OCCCC(C)(C)C(=O)Nc2cccc(Cl)c2Cl)c1. The van der Waals surface area contributed by atoms with Gasteiger partial charge >= 0.3 is 0 Å². The van der Waals surface area contributed by atoms with Gasteiger partial charge in [-0.05, 0) is 56.0 Å². The maximum absolute atomic E-state index is 12.6. The number of aryl methyl sites for hydroxylation is 2. The van der Waals surface area contributed by atoms with Crippen molar-refractivity contribution < 1.29 is 9.53 Å². The predicted molar refractivity (Wildman–Crippen MR) is 110 cm³/mol. The van der Waals surface area contributed by atoms with Gasteiger partial charge in [0.05, 0.1) is 22.3 Å². The van der Waals surface area contributed by atoms with E-state index in [4.69, 9.17) is 27.9 Å². The highest BCUT2D eigenvalue weighted by molar-refractivity contribution is 6.44. The summed E-state index contributed by atoms with van der Waals surface area (Å²) in [6, 6.07) is 11.3. The predicted octanol–water partition coefficient (Wildman–Crippen LogP) is 6.43. The lowest BCUT2D eigenvalue weighted by molar-refractivity contribution is -0.124. The molecular weight excluding hydrogens is 369 g/mol. The van der Waals surface area contributed by atoms with Gasteiger partial charge < -0.3 is 10.1 Å². The molecule has 0 aliphatic heterocycles. The summed E-state index contributed by atoms with van der Waals surface area (Å²) in [7, 11) is 0. The number of ether oxygens (including phenoxy) is 1. The monoisotopic (exact) mass is 393 g/mol. The summed E-state index contributed by atoms with van der Waals surface area (Å²) < 4.78 is 5.88. The molecule has 0 atom stereocenters. The molecule has 0 saturated heterocycles. The van der Waals surface area contributed by atoms with Gasteiger partial charge in [-0.15, -0.1) is 0 Å². The Hall–Kier alpha value is -1.71. The van der Waals surface area contributed by atoms with Crippen LogP contribution in [0.2, 0.25) is 10.0 Å². The first kappa shape index (κ1) is 20.6. The number of halogens is 2. The topological polar surface area (TPSA) is 38.3 Å². The van der Waals surface area contributed by atoms with Crippen LogP contribution in [0.3, 0.4) is 0 Å². The molecule has 0 aromatic heterocycles. The Morgan fingerprint density at radius 1 is 1.15 bits per heavy atom.